The third-order valence-electron chi connectivity index (χ3n) is 1.54. The van der Waals surface area contributed by atoms with E-state index in [1.807, 2.05) is 0 Å². The van der Waals surface area contributed by atoms with Gasteiger partial charge >= 0.3 is 0 Å². The molecule has 2 heterocycles. The van der Waals surface area contributed by atoms with Crippen molar-refractivity contribution in [3.63, 3.8) is 0 Å². The number of hydrogen-bond donors (Lipinski definition) is 2. The molecule has 0 unspecified atom stereocenters. The van der Waals surface area contributed by atoms with E-state index in [-0.39, 0.29) is 5.56 Å². The number of nitrogens with zero attached hydrogens (tertiary/aromatic N) is 1. The molecule has 0 atom stereocenters. The summed E-state index contributed by atoms with van der Waals surface area (Å²) in [5.41, 5.74) is 1.13. The Balaban J connectivity index is 2.70. The van der Waals surface area contributed by atoms with E-state index in [1.165, 1.54) is 0 Å². The van der Waals surface area contributed by atoms with Crippen LogP contribution in [0.4, 0.5) is 11.4 Å². The highest BCUT2D eigenvalue weighted by atomic mass is 16.1. The zero-order valence-electron chi connectivity index (χ0n) is 5.79. The molecule has 4 nitrogen and oxygen atoms in total. The molecule has 0 bridgehead atoms. The van der Waals surface area contributed by atoms with Crippen molar-refractivity contribution in [1.82, 2.24) is 4.98 Å². The lowest BCUT2D eigenvalue weighted by atomic mass is 10.3. The van der Waals surface area contributed by atoms with Gasteiger partial charge in [0.1, 0.15) is 0 Å². The second kappa shape index (κ2) is 2.23. The van der Waals surface area contributed by atoms with Crippen LogP contribution in [0.25, 0.3) is 0 Å². The first-order valence-electron chi connectivity index (χ1n) is 3.36. The quantitative estimate of drug-likeness (QED) is 0.564. The van der Waals surface area contributed by atoms with Crippen molar-refractivity contribution in [1.29, 1.82) is 0 Å². The minimum absolute atomic E-state index is 0.147. The molecule has 0 fully saturated rings. The summed E-state index contributed by atoms with van der Waals surface area (Å²) in [6.07, 6.45) is 3.28. The molecule has 1 aliphatic heterocycles. The van der Waals surface area contributed by atoms with Crippen molar-refractivity contribution < 1.29 is 0 Å². The van der Waals surface area contributed by atoms with Crippen LogP contribution in [0.1, 0.15) is 0 Å². The molecule has 0 spiro atoms. The Morgan fingerprint density at radius 1 is 1.55 bits per heavy atom. The molecule has 0 aromatic carbocycles. The third kappa shape index (κ3) is 0.920. The highest BCUT2D eigenvalue weighted by Gasteiger charge is 2.06. The van der Waals surface area contributed by atoms with E-state index in [4.69, 9.17) is 0 Å². The topological polar surface area (TPSA) is 57.2 Å². The van der Waals surface area contributed by atoms with Gasteiger partial charge in [0.15, 0.2) is 5.69 Å². The van der Waals surface area contributed by atoms with Crippen LogP contribution in [0.2, 0.25) is 0 Å². The van der Waals surface area contributed by atoms with Gasteiger partial charge < -0.3 is 10.3 Å². The molecular weight excluding hydrogens is 142 g/mol. The maximum atomic E-state index is 11.1. The van der Waals surface area contributed by atoms with Crippen molar-refractivity contribution >= 4 is 17.6 Å². The average molecular weight is 149 g/mol. The summed E-state index contributed by atoms with van der Waals surface area (Å²) < 4.78 is 0. The fourth-order valence-corrected chi connectivity index (χ4v) is 1.03. The Hall–Kier alpha value is -1.58. The number of aromatic nitrogens is 1. The number of hydrogen-bond acceptors (Lipinski definition) is 3. The van der Waals surface area contributed by atoms with Gasteiger partial charge in [-0.15, -0.1) is 0 Å². The lowest BCUT2D eigenvalue weighted by molar-refractivity contribution is 1.19. The first kappa shape index (κ1) is 6.15. The predicted octanol–water partition coefficient (Wildman–Crippen LogP) is 0.503. The molecule has 11 heavy (non-hydrogen) atoms. The summed E-state index contributed by atoms with van der Waals surface area (Å²) in [5.74, 6) is 0. The average Bonchev–Trinajstić information content (AvgIpc) is 2.06. The Morgan fingerprint density at radius 2 is 2.45 bits per heavy atom. The van der Waals surface area contributed by atoms with Gasteiger partial charge in [-0.1, -0.05) is 0 Å². The van der Waals surface area contributed by atoms with E-state index in [0.717, 1.165) is 5.69 Å². The minimum Gasteiger partial charge on any atom is -0.378 e. The number of aromatic amines is 1. The van der Waals surface area contributed by atoms with Crippen LogP contribution in [0, 0.1) is 0 Å². The minimum atomic E-state index is -0.147. The number of pyridine rings is 1. The molecule has 0 radical (unpaired) electrons. The number of rotatable bonds is 0. The summed E-state index contributed by atoms with van der Waals surface area (Å²) >= 11 is 0. The monoisotopic (exact) mass is 149 g/mol. The maximum Gasteiger partial charge on any atom is 0.275 e. The molecular formula is C7H7N3O. The lowest BCUT2D eigenvalue weighted by Crippen LogP contribution is -2.13. The fraction of sp³-hybridized carbons (Fsp3) is 0.143. The first-order valence-corrected chi connectivity index (χ1v) is 3.36. The fourth-order valence-electron chi connectivity index (χ4n) is 1.03. The number of anilines is 1. The predicted molar refractivity (Wildman–Crippen MR) is 43.7 cm³/mol. The largest absolute Gasteiger partial charge is 0.378 e. The standard InChI is InChI=1S/C7H7N3O/c11-7-6-5(1-2-10-7)8-3-4-9-6/h1-2,4,8H,3H2,(H,10,11). The van der Waals surface area contributed by atoms with Gasteiger partial charge in [0.25, 0.3) is 5.56 Å². The molecule has 0 aliphatic carbocycles. The SMILES string of the molecule is O=c1[nH]ccc2c1N=CCN2. The molecule has 1 aromatic heterocycles. The summed E-state index contributed by atoms with van der Waals surface area (Å²) in [6, 6.07) is 1.80. The van der Waals surface area contributed by atoms with Gasteiger partial charge in [0.05, 0.1) is 12.2 Å². The molecule has 56 valence electrons. The van der Waals surface area contributed by atoms with Gasteiger partial charge in [0.2, 0.25) is 0 Å². The summed E-state index contributed by atoms with van der Waals surface area (Å²) in [5, 5.41) is 3.03. The third-order valence-corrected chi connectivity index (χ3v) is 1.54. The second-order valence-electron chi connectivity index (χ2n) is 2.26. The van der Waals surface area contributed by atoms with E-state index < -0.39 is 0 Å². The van der Waals surface area contributed by atoms with Crippen molar-refractivity contribution in [3.05, 3.63) is 22.6 Å². The molecule has 0 saturated carbocycles. The number of aliphatic imine (C=N–C) groups is 1. The van der Waals surface area contributed by atoms with Gasteiger partial charge in [-0.05, 0) is 6.07 Å². The van der Waals surface area contributed by atoms with Gasteiger partial charge in [-0.25, -0.2) is 0 Å². The first-order chi connectivity index (χ1) is 5.38. The smallest absolute Gasteiger partial charge is 0.275 e. The molecule has 2 rings (SSSR count). The Labute approximate surface area is 63.0 Å². The summed E-state index contributed by atoms with van der Waals surface area (Å²) in [6.45, 7) is 0.691. The van der Waals surface area contributed by atoms with Crippen molar-refractivity contribution in [3.8, 4) is 0 Å². The van der Waals surface area contributed by atoms with E-state index in [1.54, 1.807) is 18.5 Å². The molecule has 0 saturated heterocycles. The molecule has 4 heteroatoms. The van der Waals surface area contributed by atoms with Crippen LogP contribution in [-0.4, -0.2) is 17.7 Å². The highest BCUT2D eigenvalue weighted by Crippen LogP contribution is 2.19. The lowest BCUT2D eigenvalue weighted by Gasteiger charge is -2.09. The second-order valence-corrected chi connectivity index (χ2v) is 2.26. The van der Waals surface area contributed by atoms with E-state index >= 15 is 0 Å². The normalized spacial score (nSPS) is 13.8. The van der Waals surface area contributed by atoms with Crippen LogP contribution in [0.5, 0.6) is 0 Å². The number of H-pyrrole nitrogens is 1. The van der Waals surface area contributed by atoms with Gasteiger partial charge in [0, 0.05) is 12.4 Å². The van der Waals surface area contributed by atoms with E-state index in [0.29, 0.717) is 12.2 Å². The van der Waals surface area contributed by atoms with E-state index in [2.05, 4.69) is 15.3 Å². The number of fused-ring (bicyclic) bond motifs is 1. The van der Waals surface area contributed by atoms with Gasteiger partial charge in [-0.2, -0.15) is 0 Å². The molecule has 1 aliphatic rings. The van der Waals surface area contributed by atoms with Crippen LogP contribution in [0.3, 0.4) is 0 Å². The zero-order valence-corrected chi connectivity index (χ0v) is 5.79. The van der Waals surface area contributed by atoms with Crippen LogP contribution < -0.4 is 10.9 Å². The summed E-state index contributed by atoms with van der Waals surface area (Å²) in [4.78, 5) is 17.6. The van der Waals surface area contributed by atoms with Crippen molar-refractivity contribution in [2.45, 2.75) is 0 Å². The van der Waals surface area contributed by atoms with Gasteiger partial charge in [-0.3, -0.25) is 9.79 Å². The Morgan fingerprint density at radius 3 is 3.27 bits per heavy atom. The Kier molecular flexibility index (Phi) is 1.25. The van der Waals surface area contributed by atoms with Crippen LogP contribution in [-0.2, 0) is 0 Å². The van der Waals surface area contributed by atoms with Crippen molar-refractivity contribution in [2.75, 3.05) is 11.9 Å². The molecule has 2 N–H and O–H groups in total. The van der Waals surface area contributed by atoms with Crippen molar-refractivity contribution in [2.24, 2.45) is 4.99 Å². The number of nitrogens with one attached hydrogen (secondary N) is 2. The molecule has 1 aromatic rings. The zero-order chi connectivity index (χ0) is 7.68. The summed E-state index contributed by atoms with van der Waals surface area (Å²) in [7, 11) is 0. The van der Waals surface area contributed by atoms with Crippen LogP contribution in [0.15, 0.2) is 22.1 Å². The highest BCUT2D eigenvalue weighted by molar-refractivity contribution is 5.79. The Bertz CT molecular complexity index is 353. The molecule has 0 amide bonds. The maximum absolute atomic E-state index is 11.1. The van der Waals surface area contributed by atoms with Crippen LogP contribution >= 0.6 is 0 Å². The van der Waals surface area contributed by atoms with E-state index in [9.17, 15) is 4.79 Å².